The molecule has 13 aromatic carbocycles. The van der Waals surface area contributed by atoms with Crippen LogP contribution in [0.5, 0.6) is 0 Å². The van der Waals surface area contributed by atoms with Gasteiger partial charge in [0, 0.05) is 62.0 Å². The van der Waals surface area contributed by atoms with Crippen LogP contribution in [0.2, 0.25) is 0 Å². The van der Waals surface area contributed by atoms with Crippen LogP contribution in [0, 0.1) is 0 Å². The molecule has 0 radical (unpaired) electrons. The molecule has 0 fully saturated rings. The first-order valence-corrected chi connectivity index (χ1v) is 29.5. The van der Waals surface area contributed by atoms with Crippen molar-refractivity contribution in [3.05, 3.63) is 327 Å². The van der Waals surface area contributed by atoms with Crippen LogP contribution in [-0.4, -0.2) is 7.28 Å². The summed E-state index contributed by atoms with van der Waals surface area (Å²) in [5, 5.41) is 4.04. The van der Waals surface area contributed by atoms with Gasteiger partial charge in [-0.25, -0.2) is 0 Å². The third-order valence-electron chi connectivity index (χ3n) is 17.5. The third-order valence-corrected chi connectivity index (χ3v) is 17.5. The van der Waals surface area contributed by atoms with E-state index in [1.807, 2.05) is 0 Å². The molecular formula is C81H60BN3. The quantitative estimate of drug-likeness (QED) is 0.123. The number of nitrogens with zero attached hydrogens (tertiary/aromatic N) is 2. The van der Waals surface area contributed by atoms with Crippen molar-refractivity contribution in [1.29, 1.82) is 0 Å². The Bertz CT molecular complexity index is 4460. The molecule has 2 aliphatic rings. The number of hydrogen-bond donors (Lipinski definition) is 1. The Kier molecular flexibility index (Phi) is 13.0. The summed E-state index contributed by atoms with van der Waals surface area (Å²) in [5.41, 5.74) is 30.4. The monoisotopic (exact) mass is 1090 g/mol. The lowest BCUT2D eigenvalue weighted by Gasteiger charge is -2.38. The number of fused-ring (bicyclic) bond motifs is 6. The zero-order valence-corrected chi connectivity index (χ0v) is 47.6. The molecule has 1 aliphatic carbocycles. The van der Waals surface area contributed by atoms with Crippen molar-refractivity contribution in [1.82, 2.24) is 0 Å². The van der Waals surface area contributed by atoms with Gasteiger partial charge in [-0.05, 0) is 162 Å². The second kappa shape index (κ2) is 21.6. The average Bonchev–Trinajstić information content (AvgIpc) is 1.74. The highest BCUT2D eigenvalue weighted by molar-refractivity contribution is 6.73. The lowest BCUT2D eigenvalue weighted by atomic mass is 9.57. The summed E-state index contributed by atoms with van der Waals surface area (Å²) >= 11 is 0. The normalized spacial score (nSPS) is 12.5. The first kappa shape index (κ1) is 51.2. The second-order valence-corrected chi connectivity index (χ2v) is 22.9. The van der Waals surface area contributed by atoms with Crippen LogP contribution in [0.3, 0.4) is 0 Å². The Morgan fingerprint density at radius 3 is 1.28 bits per heavy atom. The van der Waals surface area contributed by atoms with Crippen LogP contribution in [0.4, 0.5) is 45.5 Å². The van der Waals surface area contributed by atoms with Gasteiger partial charge in [-0.1, -0.05) is 256 Å². The maximum absolute atomic E-state index is 4.04. The highest BCUT2D eigenvalue weighted by atomic mass is 15.2. The number of rotatable bonds is 12. The van der Waals surface area contributed by atoms with Crippen molar-refractivity contribution >= 4 is 63.7 Å². The fourth-order valence-corrected chi connectivity index (χ4v) is 13.2. The van der Waals surface area contributed by atoms with Gasteiger partial charge in [-0.2, -0.15) is 0 Å². The molecule has 0 amide bonds. The van der Waals surface area contributed by atoms with Gasteiger partial charge >= 0.3 is 0 Å². The average molecular weight is 1090 g/mol. The van der Waals surface area contributed by atoms with E-state index in [9.17, 15) is 0 Å². The zero-order chi connectivity index (χ0) is 56.8. The molecule has 0 saturated carbocycles. The molecular weight excluding hydrogens is 1030 g/mol. The van der Waals surface area contributed by atoms with Gasteiger partial charge in [-0.15, -0.1) is 0 Å². The van der Waals surface area contributed by atoms with Gasteiger partial charge in [0.05, 0.1) is 0 Å². The molecule has 0 atom stereocenters. The van der Waals surface area contributed by atoms with E-state index in [-0.39, 0.29) is 5.41 Å². The van der Waals surface area contributed by atoms with E-state index in [4.69, 9.17) is 0 Å². The first-order chi connectivity index (χ1) is 41.9. The predicted molar refractivity (Wildman–Crippen MR) is 362 cm³/mol. The molecule has 0 saturated heterocycles. The van der Waals surface area contributed by atoms with Crippen molar-refractivity contribution in [2.75, 3.05) is 15.1 Å². The Hall–Kier alpha value is -10.7. The topological polar surface area (TPSA) is 18.5 Å². The molecule has 85 heavy (non-hydrogen) atoms. The van der Waals surface area contributed by atoms with E-state index in [1.165, 1.54) is 106 Å². The minimum absolute atomic E-state index is 0.318. The minimum atomic E-state index is -0.318. The molecule has 0 bridgehead atoms. The molecule has 15 rings (SSSR count). The Morgan fingerprint density at radius 1 is 0.341 bits per heavy atom. The molecule has 1 heterocycles. The molecule has 1 N–H and O–H groups in total. The van der Waals surface area contributed by atoms with Gasteiger partial charge in [0.25, 0.3) is 0 Å². The molecule has 4 heteroatoms. The Labute approximate surface area is 499 Å². The summed E-state index contributed by atoms with van der Waals surface area (Å²) in [6.45, 7) is 4.83. The van der Waals surface area contributed by atoms with E-state index in [0.29, 0.717) is 0 Å². The first-order valence-electron chi connectivity index (χ1n) is 29.5. The molecule has 0 spiro atoms. The van der Waals surface area contributed by atoms with Crippen LogP contribution >= 0.6 is 0 Å². The summed E-state index contributed by atoms with van der Waals surface area (Å²) < 4.78 is 0. The summed E-state index contributed by atoms with van der Waals surface area (Å²) in [6.07, 6.45) is 0. The number of anilines is 8. The zero-order valence-electron chi connectivity index (χ0n) is 47.6. The standard InChI is InChI=1S/C81H60BN3/c1-81(2)73-31-19-18-30-70(73)78-74(81)54-72(79-80(78)85(68-47-38-63(39-48-68)58-26-14-6-15-27-58)77-51-40-64(52-75(77)82-79)59-28-16-7-17-29-59)71-53-69(49-50-76(71)83-65-41-32-60(33-42-65)55-20-8-3-9-21-55)84(66-43-34-61(35-44-66)56-22-10-4-11-23-56)67-45-36-62(37-46-67)57-24-12-5-13-25-57/h3-54,82-83H,1-2H3. The fourth-order valence-electron chi connectivity index (χ4n) is 13.2. The van der Waals surface area contributed by atoms with Crippen LogP contribution in [0.15, 0.2) is 315 Å². The molecule has 3 nitrogen and oxygen atoms in total. The van der Waals surface area contributed by atoms with Gasteiger partial charge in [0.1, 0.15) is 0 Å². The van der Waals surface area contributed by atoms with Gasteiger partial charge in [0.15, 0.2) is 7.28 Å². The third kappa shape index (κ3) is 9.48. The highest BCUT2D eigenvalue weighted by Crippen LogP contribution is 2.56. The van der Waals surface area contributed by atoms with Crippen molar-refractivity contribution in [2.24, 2.45) is 0 Å². The molecule has 0 aromatic heterocycles. The van der Waals surface area contributed by atoms with E-state index in [2.05, 4.69) is 344 Å². The lowest BCUT2D eigenvalue weighted by molar-refractivity contribution is 0.661. The van der Waals surface area contributed by atoms with Crippen LogP contribution in [0.25, 0.3) is 77.9 Å². The maximum Gasteiger partial charge on any atom is 0.198 e. The predicted octanol–water partition coefficient (Wildman–Crippen LogP) is 20.4. The van der Waals surface area contributed by atoms with E-state index in [0.717, 1.165) is 47.0 Å². The van der Waals surface area contributed by atoms with Crippen LogP contribution in [-0.2, 0) is 5.41 Å². The summed E-state index contributed by atoms with van der Waals surface area (Å²) in [7, 11) is 0.718. The highest BCUT2D eigenvalue weighted by Gasteiger charge is 2.42. The van der Waals surface area contributed by atoms with Crippen molar-refractivity contribution in [3.8, 4) is 77.9 Å². The molecule has 1 aliphatic heterocycles. The van der Waals surface area contributed by atoms with Crippen LogP contribution < -0.4 is 26.0 Å². The molecule has 402 valence electrons. The lowest BCUT2D eigenvalue weighted by Crippen LogP contribution is -2.41. The maximum atomic E-state index is 4.04. The van der Waals surface area contributed by atoms with Crippen molar-refractivity contribution < 1.29 is 0 Å². The van der Waals surface area contributed by atoms with Crippen molar-refractivity contribution in [2.45, 2.75) is 19.3 Å². The summed E-state index contributed by atoms with van der Waals surface area (Å²) in [6, 6.07) is 116. The summed E-state index contributed by atoms with van der Waals surface area (Å²) in [5.74, 6) is 0. The summed E-state index contributed by atoms with van der Waals surface area (Å²) in [4.78, 5) is 5.01. The van der Waals surface area contributed by atoms with E-state index < -0.39 is 0 Å². The van der Waals surface area contributed by atoms with Crippen LogP contribution in [0.1, 0.15) is 25.0 Å². The minimum Gasteiger partial charge on any atom is -0.355 e. The SMILES string of the molecule is CC1(C)c2ccccc2-c2c1cc(-c1cc(N(c3ccc(-c4ccccc4)cc3)c3ccc(-c4ccccc4)cc3)ccc1Nc1ccc(-c3ccccc3)cc1)c1c2N(c2ccc(-c3ccccc3)cc2)c2ccc(-c3ccccc3)cc2B1. The van der Waals surface area contributed by atoms with E-state index >= 15 is 0 Å². The van der Waals surface area contributed by atoms with Gasteiger partial charge in [0.2, 0.25) is 0 Å². The second-order valence-electron chi connectivity index (χ2n) is 22.9. The molecule has 0 unspecified atom stereocenters. The number of nitrogens with one attached hydrogen (secondary N) is 1. The number of hydrogen-bond acceptors (Lipinski definition) is 3. The van der Waals surface area contributed by atoms with Gasteiger partial charge in [-0.3, -0.25) is 0 Å². The van der Waals surface area contributed by atoms with E-state index in [1.54, 1.807) is 0 Å². The molecule has 13 aromatic rings. The fraction of sp³-hybridized carbons (Fsp3) is 0.0370. The number of benzene rings is 13. The Morgan fingerprint density at radius 2 is 0.765 bits per heavy atom. The van der Waals surface area contributed by atoms with Crippen molar-refractivity contribution in [3.63, 3.8) is 0 Å². The van der Waals surface area contributed by atoms with Gasteiger partial charge < -0.3 is 15.1 Å². The Balaban J connectivity index is 0.981. The largest absolute Gasteiger partial charge is 0.355 e. The smallest absolute Gasteiger partial charge is 0.198 e.